The summed E-state index contributed by atoms with van der Waals surface area (Å²) in [5.41, 5.74) is 2.69. The molecule has 2 aromatic carbocycles. The van der Waals surface area contributed by atoms with Gasteiger partial charge in [0.2, 0.25) is 0 Å². The van der Waals surface area contributed by atoms with Gasteiger partial charge in [-0.1, -0.05) is 97.9 Å². The second-order valence-electron chi connectivity index (χ2n) is 6.88. The maximum Gasteiger partial charge on any atom is 0.409 e. The molecule has 0 aliphatic carbocycles. The molecule has 5 heteroatoms. The molecule has 0 radical (unpaired) electrons. The summed E-state index contributed by atoms with van der Waals surface area (Å²) in [7, 11) is 6.55. The number of carbonyl (C=O) groups excluding carboxylic acids is 2. The lowest BCUT2D eigenvalue weighted by atomic mass is 9.84. The van der Waals surface area contributed by atoms with E-state index in [1.165, 1.54) is 7.11 Å². The van der Waals surface area contributed by atoms with Gasteiger partial charge < -0.3 is 14.5 Å². The van der Waals surface area contributed by atoms with Crippen LogP contribution in [0.25, 0.3) is 11.1 Å². The summed E-state index contributed by atoms with van der Waals surface area (Å²) in [4.78, 5) is 27.8. The fourth-order valence-electron chi connectivity index (χ4n) is 2.94. The fourth-order valence-corrected chi connectivity index (χ4v) is 2.94. The standard InChI is InChI=1S/C21H26N2O3.4C2H6/c1-21(2,23(5)20(25)26-6)18-14-10-9-12-16(18)15-11-7-8-13-17(15)19(24)22(3)4;4*1-2/h7-14H,1-6H3;4*1-2H3. The van der Waals surface area contributed by atoms with E-state index in [2.05, 4.69) is 0 Å². The lowest BCUT2D eigenvalue weighted by molar-refractivity contribution is 0.0827. The van der Waals surface area contributed by atoms with E-state index in [9.17, 15) is 9.59 Å². The normalized spacial score (nSPS) is 9.12. The molecule has 0 aromatic heterocycles. The number of amides is 2. The molecule has 0 heterocycles. The molecular weight excluding hydrogens is 424 g/mol. The van der Waals surface area contributed by atoms with Crippen LogP contribution in [0, 0.1) is 0 Å². The number of methoxy groups -OCH3 is 1. The molecule has 0 fully saturated rings. The molecule has 2 rings (SSSR count). The van der Waals surface area contributed by atoms with E-state index in [4.69, 9.17) is 4.74 Å². The van der Waals surface area contributed by atoms with Crippen molar-refractivity contribution in [2.24, 2.45) is 0 Å². The molecule has 5 nitrogen and oxygen atoms in total. The van der Waals surface area contributed by atoms with Gasteiger partial charge in [-0.25, -0.2) is 4.79 Å². The third-order valence-corrected chi connectivity index (χ3v) is 4.73. The Balaban J connectivity index is -0.00000108. The summed E-state index contributed by atoms with van der Waals surface area (Å²) in [5, 5.41) is 0. The van der Waals surface area contributed by atoms with E-state index in [0.29, 0.717) is 5.56 Å². The van der Waals surface area contributed by atoms with Crippen LogP contribution >= 0.6 is 0 Å². The Labute approximate surface area is 210 Å². The third-order valence-electron chi connectivity index (χ3n) is 4.73. The van der Waals surface area contributed by atoms with E-state index in [0.717, 1.165) is 16.7 Å². The van der Waals surface area contributed by atoms with Crippen LogP contribution in [-0.4, -0.2) is 50.1 Å². The molecule has 0 unspecified atom stereocenters. The monoisotopic (exact) mass is 474 g/mol. The summed E-state index contributed by atoms with van der Waals surface area (Å²) >= 11 is 0. The first-order chi connectivity index (χ1) is 16.2. The number of carbonyl (C=O) groups is 2. The molecule has 0 aliphatic heterocycles. The van der Waals surface area contributed by atoms with Crippen LogP contribution < -0.4 is 0 Å². The van der Waals surface area contributed by atoms with Crippen LogP contribution in [0.1, 0.15) is 85.2 Å². The highest BCUT2D eigenvalue weighted by molar-refractivity contribution is 6.01. The van der Waals surface area contributed by atoms with Gasteiger partial charge in [0.25, 0.3) is 5.91 Å². The van der Waals surface area contributed by atoms with Crippen LogP contribution in [0.4, 0.5) is 4.79 Å². The van der Waals surface area contributed by atoms with Crippen molar-refractivity contribution in [2.75, 3.05) is 28.3 Å². The average molecular weight is 475 g/mol. The maximum atomic E-state index is 12.6. The number of nitrogens with zero attached hydrogens (tertiary/aromatic N) is 2. The van der Waals surface area contributed by atoms with Crippen LogP contribution in [0.2, 0.25) is 0 Å². The van der Waals surface area contributed by atoms with Gasteiger partial charge in [-0.05, 0) is 36.6 Å². The summed E-state index contributed by atoms with van der Waals surface area (Å²) in [6.45, 7) is 19.9. The predicted molar refractivity (Wildman–Crippen MR) is 148 cm³/mol. The minimum Gasteiger partial charge on any atom is -0.453 e. The van der Waals surface area contributed by atoms with Crippen molar-refractivity contribution in [2.45, 2.75) is 74.8 Å². The van der Waals surface area contributed by atoms with Gasteiger partial charge in [0.05, 0.1) is 12.6 Å². The van der Waals surface area contributed by atoms with Crippen molar-refractivity contribution in [3.63, 3.8) is 0 Å². The second kappa shape index (κ2) is 19.6. The Morgan fingerprint density at radius 2 is 1.12 bits per heavy atom. The van der Waals surface area contributed by atoms with Crippen molar-refractivity contribution in [1.82, 2.24) is 9.80 Å². The number of benzene rings is 2. The van der Waals surface area contributed by atoms with Crippen LogP contribution in [-0.2, 0) is 10.3 Å². The summed E-state index contributed by atoms with van der Waals surface area (Å²) < 4.78 is 4.89. The number of ether oxygens (including phenoxy) is 1. The zero-order valence-electron chi connectivity index (χ0n) is 24.2. The fraction of sp³-hybridized carbons (Fsp3) is 0.517. The first kappa shape index (κ1) is 35.8. The van der Waals surface area contributed by atoms with Crippen molar-refractivity contribution in [3.05, 3.63) is 59.7 Å². The van der Waals surface area contributed by atoms with Gasteiger partial charge in [-0.15, -0.1) is 0 Å². The molecule has 2 aromatic rings. The quantitative estimate of drug-likeness (QED) is 0.450. The van der Waals surface area contributed by atoms with E-state index < -0.39 is 11.6 Å². The van der Waals surface area contributed by atoms with Crippen LogP contribution in [0.15, 0.2) is 48.5 Å². The van der Waals surface area contributed by atoms with Gasteiger partial charge in [-0.3, -0.25) is 4.79 Å². The van der Waals surface area contributed by atoms with E-state index in [-0.39, 0.29) is 5.91 Å². The van der Waals surface area contributed by atoms with E-state index >= 15 is 0 Å². The van der Waals surface area contributed by atoms with E-state index in [1.54, 1.807) is 30.9 Å². The lowest BCUT2D eigenvalue weighted by Gasteiger charge is -2.36. The highest BCUT2D eigenvalue weighted by Gasteiger charge is 2.33. The Hall–Kier alpha value is -2.82. The topological polar surface area (TPSA) is 49.9 Å². The minimum absolute atomic E-state index is 0.0606. The molecule has 0 atom stereocenters. The number of hydrogen-bond acceptors (Lipinski definition) is 3. The van der Waals surface area contributed by atoms with Crippen molar-refractivity contribution >= 4 is 12.0 Å². The molecule has 0 bridgehead atoms. The highest BCUT2D eigenvalue weighted by Crippen LogP contribution is 2.36. The minimum atomic E-state index is -0.627. The van der Waals surface area contributed by atoms with Crippen molar-refractivity contribution in [1.29, 1.82) is 0 Å². The van der Waals surface area contributed by atoms with Gasteiger partial charge in [-0.2, -0.15) is 0 Å². The third kappa shape index (κ3) is 9.58. The van der Waals surface area contributed by atoms with Gasteiger partial charge in [0.1, 0.15) is 0 Å². The predicted octanol–water partition coefficient (Wildman–Crippen LogP) is 8.09. The second-order valence-corrected chi connectivity index (χ2v) is 6.88. The molecule has 2 amide bonds. The summed E-state index contributed by atoms with van der Waals surface area (Å²) in [5.74, 6) is -0.0606. The molecule has 34 heavy (non-hydrogen) atoms. The Morgan fingerprint density at radius 3 is 1.56 bits per heavy atom. The summed E-state index contributed by atoms with van der Waals surface area (Å²) in [6, 6.07) is 15.3. The molecule has 0 saturated carbocycles. The van der Waals surface area contributed by atoms with Gasteiger partial charge >= 0.3 is 6.09 Å². The van der Waals surface area contributed by atoms with Gasteiger partial charge in [0.15, 0.2) is 0 Å². The average Bonchev–Trinajstić information content (AvgIpc) is 2.91. The first-order valence-corrected chi connectivity index (χ1v) is 12.4. The molecule has 0 aliphatic rings. The largest absolute Gasteiger partial charge is 0.453 e. The zero-order chi connectivity index (χ0) is 27.5. The highest BCUT2D eigenvalue weighted by atomic mass is 16.5. The van der Waals surface area contributed by atoms with Crippen molar-refractivity contribution in [3.8, 4) is 11.1 Å². The maximum absolute atomic E-state index is 12.6. The summed E-state index contributed by atoms with van der Waals surface area (Å²) in [6.07, 6.45) is -0.414. The Bertz CT molecular complexity index is 815. The number of hydrogen-bond donors (Lipinski definition) is 0. The molecule has 194 valence electrons. The smallest absolute Gasteiger partial charge is 0.409 e. The number of rotatable bonds is 4. The van der Waals surface area contributed by atoms with Crippen LogP contribution in [0.5, 0.6) is 0 Å². The molecule has 0 saturated heterocycles. The van der Waals surface area contributed by atoms with Crippen molar-refractivity contribution < 1.29 is 14.3 Å². The SMILES string of the molecule is CC.CC.CC.CC.COC(=O)N(C)C(C)(C)c1ccccc1-c1ccccc1C(=O)N(C)C. The molecule has 0 spiro atoms. The zero-order valence-corrected chi connectivity index (χ0v) is 24.2. The van der Waals surface area contributed by atoms with Gasteiger partial charge in [0, 0.05) is 26.7 Å². The molecular formula is C29H50N2O3. The lowest BCUT2D eigenvalue weighted by Crippen LogP contribution is -2.43. The first-order valence-electron chi connectivity index (χ1n) is 12.4. The Morgan fingerprint density at radius 1 is 0.706 bits per heavy atom. The molecule has 0 N–H and O–H groups in total. The van der Waals surface area contributed by atoms with Crippen LogP contribution in [0.3, 0.4) is 0 Å². The van der Waals surface area contributed by atoms with E-state index in [1.807, 2.05) is 118 Å². The Kier molecular flexibility index (Phi) is 20.6.